The molecule has 3 nitrogen and oxygen atoms in total. The van der Waals surface area contributed by atoms with Gasteiger partial charge in [0.05, 0.1) is 6.61 Å². The van der Waals surface area contributed by atoms with Crippen LogP contribution < -0.4 is 10.6 Å². The maximum Gasteiger partial charge on any atom is 0.0616 e. The Morgan fingerprint density at radius 1 is 1.22 bits per heavy atom. The van der Waals surface area contributed by atoms with Gasteiger partial charge in [-0.05, 0) is 52.0 Å². The fourth-order valence-electron chi connectivity index (χ4n) is 3.63. The quantitative estimate of drug-likeness (QED) is 0.763. The van der Waals surface area contributed by atoms with Crippen LogP contribution in [0.15, 0.2) is 0 Å². The molecule has 1 saturated heterocycles. The van der Waals surface area contributed by atoms with Crippen LogP contribution in [0.3, 0.4) is 0 Å². The Bertz CT molecular complexity index is 229. The topological polar surface area (TPSA) is 33.3 Å². The minimum Gasteiger partial charge on any atom is -0.380 e. The second-order valence-corrected chi connectivity index (χ2v) is 5.98. The number of hydrogen-bond acceptors (Lipinski definition) is 3. The van der Waals surface area contributed by atoms with E-state index in [1.807, 2.05) is 0 Å². The molecule has 0 amide bonds. The van der Waals surface area contributed by atoms with Crippen molar-refractivity contribution in [3.63, 3.8) is 0 Å². The molecular weight excluding hydrogens is 224 g/mol. The minimum atomic E-state index is 0.485. The molecule has 1 aliphatic carbocycles. The lowest BCUT2D eigenvalue weighted by molar-refractivity contribution is 0.118. The van der Waals surface area contributed by atoms with E-state index < -0.39 is 0 Å². The predicted molar refractivity (Wildman–Crippen MR) is 75.9 cm³/mol. The smallest absolute Gasteiger partial charge is 0.0616 e. The first kappa shape index (κ1) is 14.3. The predicted octanol–water partition coefficient (Wildman–Crippen LogP) is 2.31. The first-order chi connectivity index (χ1) is 8.81. The molecular formula is C15H30N2O. The molecule has 18 heavy (non-hydrogen) atoms. The van der Waals surface area contributed by atoms with E-state index >= 15 is 0 Å². The van der Waals surface area contributed by atoms with E-state index in [2.05, 4.69) is 24.5 Å². The zero-order chi connectivity index (χ0) is 12.8. The van der Waals surface area contributed by atoms with E-state index in [9.17, 15) is 0 Å². The Morgan fingerprint density at radius 2 is 2.11 bits per heavy atom. The van der Waals surface area contributed by atoms with Gasteiger partial charge in [0.25, 0.3) is 0 Å². The van der Waals surface area contributed by atoms with Gasteiger partial charge in [0.1, 0.15) is 0 Å². The van der Waals surface area contributed by atoms with Crippen molar-refractivity contribution < 1.29 is 4.74 Å². The highest BCUT2D eigenvalue weighted by Crippen LogP contribution is 2.31. The van der Waals surface area contributed by atoms with Gasteiger partial charge in [-0.3, -0.25) is 0 Å². The summed E-state index contributed by atoms with van der Waals surface area (Å²) in [7, 11) is 0. The van der Waals surface area contributed by atoms with Crippen LogP contribution >= 0.6 is 0 Å². The second kappa shape index (κ2) is 7.46. The summed E-state index contributed by atoms with van der Waals surface area (Å²) in [6.45, 7) is 7.21. The fraction of sp³-hybridized carbons (Fsp3) is 1.00. The molecule has 0 spiro atoms. The zero-order valence-corrected chi connectivity index (χ0v) is 12.1. The molecule has 0 aromatic carbocycles. The van der Waals surface area contributed by atoms with Gasteiger partial charge in [-0.15, -0.1) is 0 Å². The summed E-state index contributed by atoms with van der Waals surface area (Å²) < 4.78 is 5.51. The highest BCUT2D eigenvalue weighted by atomic mass is 16.5. The zero-order valence-electron chi connectivity index (χ0n) is 12.1. The van der Waals surface area contributed by atoms with Crippen LogP contribution in [0, 0.1) is 5.92 Å². The highest BCUT2D eigenvalue weighted by Gasteiger charge is 2.34. The lowest BCUT2D eigenvalue weighted by atomic mass is 9.88. The minimum absolute atomic E-state index is 0.485. The SMILES string of the molecule is CCOCC(C)NC1CCCC1C1CCCCN1. The molecule has 106 valence electrons. The van der Waals surface area contributed by atoms with Crippen LogP contribution in [0.5, 0.6) is 0 Å². The highest BCUT2D eigenvalue weighted by molar-refractivity contribution is 4.93. The molecule has 1 saturated carbocycles. The van der Waals surface area contributed by atoms with E-state index in [0.717, 1.165) is 25.2 Å². The Morgan fingerprint density at radius 3 is 2.83 bits per heavy atom. The Labute approximate surface area is 112 Å². The van der Waals surface area contributed by atoms with Crippen molar-refractivity contribution in [2.45, 2.75) is 70.5 Å². The molecule has 1 heterocycles. The van der Waals surface area contributed by atoms with Crippen molar-refractivity contribution in [3.8, 4) is 0 Å². The van der Waals surface area contributed by atoms with Crippen molar-refractivity contribution >= 4 is 0 Å². The summed E-state index contributed by atoms with van der Waals surface area (Å²) in [4.78, 5) is 0. The van der Waals surface area contributed by atoms with E-state index in [-0.39, 0.29) is 0 Å². The van der Waals surface area contributed by atoms with Gasteiger partial charge >= 0.3 is 0 Å². The lowest BCUT2D eigenvalue weighted by Gasteiger charge is -2.34. The molecule has 3 heteroatoms. The summed E-state index contributed by atoms with van der Waals surface area (Å²) in [6.07, 6.45) is 8.29. The summed E-state index contributed by atoms with van der Waals surface area (Å²) in [5.41, 5.74) is 0. The van der Waals surface area contributed by atoms with E-state index in [1.54, 1.807) is 0 Å². The average molecular weight is 254 g/mol. The van der Waals surface area contributed by atoms with E-state index in [4.69, 9.17) is 4.74 Å². The molecule has 0 aromatic rings. The third-order valence-corrected chi connectivity index (χ3v) is 4.51. The maximum atomic E-state index is 5.51. The number of rotatable bonds is 6. The summed E-state index contributed by atoms with van der Waals surface area (Å²) >= 11 is 0. The van der Waals surface area contributed by atoms with Gasteiger partial charge in [0.2, 0.25) is 0 Å². The van der Waals surface area contributed by atoms with Crippen LogP contribution in [0.1, 0.15) is 52.4 Å². The van der Waals surface area contributed by atoms with E-state index in [0.29, 0.717) is 12.1 Å². The molecule has 0 bridgehead atoms. The van der Waals surface area contributed by atoms with Gasteiger partial charge < -0.3 is 15.4 Å². The molecule has 0 aromatic heterocycles. The standard InChI is InChI=1S/C15H30N2O/c1-3-18-11-12(2)17-15-9-6-7-13(15)14-8-4-5-10-16-14/h12-17H,3-11H2,1-2H3. The van der Waals surface area contributed by atoms with Crippen LogP contribution in [-0.4, -0.2) is 37.9 Å². The van der Waals surface area contributed by atoms with Gasteiger partial charge in [-0.25, -0.2) is 0 Å². The van der Waals surface area contributed by atoms with Gasteiger partial charge in [0, 0.05) is 24.7 Å². The van der Waals surface area contributed by atoms with E-state index in [1.165, 1.54) is 45.1 Å². The van der Waals surface area contributed by atoms with Crippen molar-refractivity contribution in [1.29, 1.82) is 0 Å². The second-order valence-electron chi connectivity index (χ2n) is 5.98. The number of hydrogen-bond donors (Lipinski definition) is 2. The first-order valence-electron chi connectivity index (χ1n) is 7.88. The number of piperidine rings is 1. The van der Waals surface area contributed by atoms with Gasteiger partial charge in [-0.2, -0.15) is 0 Å². The molecule has 2 rings (SSSR count). The average Bonchev–Trinajstić information content (AvgIpc) is 2.85. The van der Waals surface area contributed by atoms with Gasteiger partial charge in [-0.1, -0.05) is 12.8 Å². The molecule has 4 atom stereocenters. The Kier molecular flexibility index (Phi) is 5.93. The Hall–Kier alpha value is -0.120. The first-order valence-corrected chi connectivity index (χ1v) is 7.88. The number of nitrogens with one attached hydrogen (secondary N) is 2. The lowest BCUT2D eigenvalue weighted by Crippen LogP contribution is -2.49. The molecule has 2 fully saturated rings. The van der Waals surface area contributed by atoms with Crippen LogP contribution in [0.25, 0.3) is 0 Å². The van der Waals surface area contributed by atoms with Crippen LogP contribution in [0.4, 0.5) is 0 Å². The molecule has 2 N–H and O–H groups in total. The molecule has 0 radical (unpaired) electrons. The largest absolute Gasteiger partial charge is 0.380 e. The number of ether oxygens (including phenoxy) is 1. The van der Waals surface area contributed by atoms with Crippen molar-refractivity contribution in [3.05, 3.63) is 0 Å². The molecule has 1 aliphatic heterocycles. The fourth-order valence-corrected chi connectivity index (χ4v) is 3.63. The van der Waals surface area contributed by atoms with Crippen molar-refractivity contribution in [2.24, 2.45) is 5.92 Å². The maximum absolute atomic E-state index is 5.51. The van der Waals surface area contributed by atoms with Crippen LogP contribution in [-0.2, 0) is 4.74 Å². The van der Waals surface area contributed by atoms with Crippen molar-refractivity contribution in [2.75, 3.05) is 19.8 Å². The summed E-state index contributed by atoms with van der Waals surface area (Å²) in [5, 5.41) is 7.53. The van der Waals surface area contributed by atoms with Crippen LogP contribution in [0.2, 0.25) is 0 Å². The molecule has 4 unspecified atom stereocenters. The third kappa shape index (κ3) is 3.94. The monoisotopic (exact) mass is 254 g/mol. The van der Waals surface area contributed by atoms with Gasteiger partial charge in [0.15, 0.2) is 0 Å². The Balaban J connectivity index is 1.79. The normalized spacial score (nSPS) is 34.7. The third-order valence-electron chi connectivity index (χ3n) is 4.51. The molecule has 2 aliphatic rings. The summed E-state index contributed by atoms with van der Waals surface area (Å²) in [5.74, 6) is 0.842. The summed E-state index contributed by atoms with van der Waals surface area (Å²) in [6, 6.07) is 1.95. The van der Waals surface area contributed by atoms with Crippen molar-refractivity contribution in [1.82, 2.24) is 10.6 Å².